The summed E-state index contributed by atoms with van der Waals surface area (Å²) in [4.78, 5) is 11.1. The monoisotopic (exact) mass is 448 g/mol. The molecule has 4 nitrogen and oxygen atoms in total. The molecule has 176 valence electrons. The first-order valence-electron chi connectivity index (χ1n) is 11.6. The smallest absolute Gasteiger partial charge is 0.339 e. The summed E-state index contributed by atoms with van der Waals surface area (Å²) in [5.74, 6) is 0.282. The molecule has 0 heterocycles. The Labute approximate surface area is 197 Å². The molecule has 0 amide bonds. The Morgan fingerprint density at radius 1 is 0.879 bits per heavy atom. The van der Waals surface area contributed by atoms with Gasteiger partial charge in [-0.05, 0) is 66.0 Å². The highest BCUT2D eigenvalue weighted by atomic mass is 16.5. The minimum Gasteiger partial charge on any atom is -0.507 e. The molecule has 0 radical (unpaired) electrons. The van der Waals surface area contributed by atoms with E-state index in [2.05, 4.69) is 70.2 Å². The van der Waals surface area contributed by atoms with E-state index >= 15 is 0 Å². The Balaban J connectivity index is 0.000000321. The third kappa shape index (κ3) is 7.67. The zero-order valence-corrected chi connectivity index (χ0v) is 20.3. The summed E-state index contributed by atoms with van der Waals surface area (Å²) in [6.07, 6.45) is 2.32. The summed E-state index contributed by atoms with van der Waals surface area (Å²) < 4.78 is 5.67. The van der Waals surface area contributed by atoms with Crippen molar-refractivity contribution in [3.8, 4) is 11.5 Å². The molecule has 33 heavy (non-hydrogen) atoms. The predicted octanol–water partition coefficient (Wildman–Crippen LogP) is 7.69. The van der Waals surface area contributed by atoms with Gasteiger partial charge in [0.1, 0.15) is 23.7 Å². The molecule has 0 aromatic heterocycles. The Hall–Kier alpha value is -3.27. The van der Waals surface area contributed by atoms with Gasteiger partial charge in [0.15, 0.2) is 0 Å². The number of benzene rings is 3. The Kier molecular flexibility index (Phi) is 9.99. The van der Waals surface area contributed by atoms with Crippen LogP contribution in [0, 0.1) is 6.92 Å². The van der Waals surface area contributed by atoms with E-state index in [-0.39, 0.29) is 11.3 Å². The lowest BCUT2D eigenvalue weighted by Crippen LogP contribution is -2.01. The van der Waals surface area contributed by atoms with Crippen molar-refractivity contribution in [3.05, 3.63) is 94.5 Å². The number of rotatable bonds is 8. The van der Waals surface area contributed by atoms with Crippen molar-refractivity contribution in [2.75, 3.05) is 0 Å². The first kappa shape index (κ1) is 26.0. The van der Waals surface area contributed by atoms with Crippen LogP contribution in [-0.4, -0.2) is 16.2 Å². The topological polar surface area (TPSA) is 66.8 Å². The molecule has 2 atom stereocenters. The van der Waals surface area contributed by atoms with Gasteiger partial charge in [0.25, 0.3) is 0 Å². The highest BCUT2D eigenvalue weighted by molar-refractivity contribution is 5.91. The van der Waals surface area contributed by atoms with Gasteiger partial charge in [0.05, 0.1) is 0 Å². The summed E-state index contributed by atoms with van der Waals surface area (Å²) in [6.45, 7) is 10.8. The number of phenols is 1. The molecule has 0 saturated heterocycles. The molecule has 0 aliphatic carbocycles. The number of aromatic hydroxyl groups is 1. The molecule has 0 aliphatic heterocycles. The Morgan fingerprint density at radius 2 is 1.42 bits per heavy atom. The second kappa shape index (κ2) is 12.7. The van der Waals surface area contributed by atoms with E-state index in [1.54, 1.807) is 13.0 Å². The SMILES string of the molecule is CCC(C)c1ccc(COc2cc(C)c(O)c(C(=O)O)c2)cc1.CCC(C)c1ccccc1. The Bertz CT molecular complexity index is 1010. The molecule has 3 aromatic carbocycles. The van der Waals surface area contributed by atoms with Gasteiger partial charge in [0, 0.05) is 0 Å². The predicted molar refractivity (Wildman–Crippen MR) is 134 cm³/mol. The van der Waals surface area contributed by atoms with Crippen molar-refractivity contribution in [2.24, 2.45) is 0 Å². The van der Waals surface area contributed by atoms with Gasteiger partial charge >= 0.3 is 5.97 Å². The van der Waals surface area contributed by atoms with E-state index in [4.69, 9.17) is 9.84 Å². The summed E-state index contributed by atoms with van der Waals surface area (Å²) in [7, 11) is 0. The second-order valence-electron chi connectivity index (χ2n) is 8.50. The van der Waals surface area contributed by atoms with Crippen LogP contribution in [0.3, 0.4) is 0 Å². The lowest BCUT2D eigenvalue weighted by Gasteiger charge is -2.12. The molecule has 3 aromatic rings. The summed E-state index contributed by atoms with van der Waals surface area (Å²) in [6, 6.07) is 21.8. The van der Waals surface area contributed by atoms with Crippen LogP contribution in [0.25, 0.3) is 0 Å². The van der Waals surface area contributed by atoms with E-state index in [1.165, 1.54) is 23.6 Å². The maximum absolute atomic E-state index is 11.1. The number of ether oxygens (including phenoxy) is 1. The number of carbonyl (C=O) groups is 1. The lowest BCUT2D eigenvalue weighted by molar-refractivity contribution is 0.0693. The van der Waals surface area contributed by atoms with Gasteiger partial charge in [-0.1, -0.05) is 82.3 Å². The largest absolute Gasteiger partial charge is 0.507 e. The fraction of sp³-hybridized carbons (Fsp3) is 0.345. The third-order valence-corrected chi connectivity index (χ3v) is 6.05. The first-order chi connectivity index (χ1) is 15.8. The molecule has 0 saturated carbocycles. The molecule has 0 aliphatic rings. The van der Waals surface area contributed by atoms with Crippen LogP contribution in [0.2, 0.25) is 0 Å². The van der Waals surface area contributed by atoms with Crippen LogP contribution in [0.4, 0.5) is 0 Å². The van der Waals surface area contributed by atoms with Crippen LogP contribution < -0.4 is 4.74 Å². The minimum atomic E-state index is -1.17. The fourth-order valence-electron chi connectivity index (χ4n) is 3.35. The highest BCUT2D eigenvalue weighted by Gasteiger charge is 2.14. The van der Waals surface area contributed by atoms with E-state index < -0.39 is 5.97 Å². The van der Waals surface area contributed by atoms with Gasteiger partial charge in [-0.25, -0.2) is 4.79 Å². The normalized spacial score (nSPS) is 12.3. The van der Waals surface area contributed by atoms with Gasteiger partial charge in [-0.15, -0.1) is 0 Å². The van der Waals surface area contributed by atoms with E-state index in [0.717, 1.165) is 12.0 Å². The number of carboxylic acid groups (broad SMARTS) is 1. The quantitative estimate of drug-likeness (QED) is 0.371. The highest BCUT2D eigenvalue weighted by Crippen LogP contribution is 2.28. The average Bonchev–Trinajstić information content (AvgIpc) is 2.84. The van der Waals surface area contributed by atoms with E-state index in [0.29, 0.717) is 29.8 Å². The van der Waals surface area contributed by atoms with Crippen LogP contribution >= 0.6 is 0 Å². The molecule has 0 fully saturated rings. The van der Waals surface area contributed by atoms with E-state index in [1.807, 2.05) is 12.1 Å². The van der Waals surface area contributed by atoms with Crippen LogP contribution in [0.15, 0.2) is 66.7 Å². The number of carboxylic acids is 1. The van der Waals surface area contributed by atoms with Crippen molar-refractivity contribution in [1.82, 2.24) is 0 Å². The minimum absolute atomic E-state index is 0.146. The van der Waals surface area contributed by atoms with Crippen molar-refractivity contribution in [2.45, 2.75) is 65.9 Å². The zero-order valence-electron chi connectivity index (χ0n) is 20.3. The lowest BCUT2D eigenvalue weighted by atomic mass is 9.98. The summed E-state index contributed by atoms with van der Waals surface area (Å²) >= 11 is 0. The second-order valence-corrected chi connectivity index (χ2v) is 8.50. The molecular formula is C29H36O4. The number of aromatic carboxylic acids is 1. The fourth-order valence-corrected chi connectivity index (χ4v) is 3.35. The van der Waals surface area contributed by atoms with Crippen molar-refractivity contribution in [1.29, 1.82) is 0 Å². The molecule has 2 unspecified atom stereocenters. The van der Waals surface area contributed by atoms with Crippen LogP contribution in [-0.2, 0) is 6.61 Å². The molecule has 0 spiro atoms. The maximum atomic E-state index is 11.1. The molecular weight excluding hydrogens is 412 g/mol. The maximum Gasteiger partial charge on any atom is 0.339 e. The van der Waals surface area contributed by atoms with Gasteiger partial charge in [-0.2, -0.15) is 0 Å². The van der Waals surface area contributed by atoms with Crippen LogP contribution in [0.5, 0.6) is 11.5 Å². The first-order valence-corrected chi connectivity index (χ1v) is 11.6. The van der Waals surface area contributed by atoms with Crippen molar-refractivity contribution >= 4 is 5.97 Å². The molecule has 2 N–H and O–H groups in total. The average molecular weight is 449 g/mol. The summed E-state index contributed by atoms with van der Waals surface area (Å²) in [5, 5.41) is 18.8. The van der Waals surface area contributed by atoms with Crippen LogP contribution in [0.1, 0.15) is 85.0 Å². The third-order valence-electron chi connectivity index (χ3n) is 6.05. The number of aryl methyl sites for hydroxylation is 1. The standard InChI is InChI=1S/C19H22O4.C10H14/c1-4-12(2)15-7-5-14(6-8-15)11-23-16-9-13(3)18(20)17(10-16)19(21)22;1-3-9(2)10-7-5-4-6-8-10/h5-10,12,20H,4,11H2,1-3H3,(H,21,22);4-9H,3H2,1-2H3. The zero-order chi connectivity index (χ0) is 24.4. The summed E-state index contributed by atoms with van der Waals surface area (Å²) in [5.41, 5.74) is 4.09. The van der Waals surface area contributed by atoms with Gasteiger partial charge < -0.3 is 14.9 Å². The Morgan fingerprint density at radius 3 is 1.94 bits per heavy atom. The van der Waals surface area contributed by atoms with Crippen molar-refractivity contribution < 1.29 is 19.7 Å². The molecule has 3 rings (SSSR count). The number of hydrogen-bond acceptors (Lipinski definition) is 3. The number of hydrogen-bond donors (Lipinski definition) is 2. The van der Waals surface area contributed by atoms with E-state index in [9.17, 15) is 9.90 Å². The van der Waals surface area contributed by atoms with Gasteiger partial charge in [-0.3, -0.25) is 0 Å². The molecule has 4 heteroatoms. The molecule has 0 bridgehead atoms. The van der Waals surface area contributed by atoms with Gasteiger partial charge in [0.2, 0.25) is 0 Å². The van der Waals surface area contributed by atoms with Crippen molar-refractivity contribution in [3.63, 3.8) is 0 Å².